The standard InChI is InChI=1S/C13H16Cl2N2O3/c14-11-6-10(17(19)20)7-12(15)13(11)16-4-1-2-9(8-16)3-5-18/h6-7,9,18H,1-5,8H2. The Morgan fingerprint density at radius 1 is 1.40 bits per heavy atom. The lowest BCUT2D eigenvalue weighted by Crippen LogP contribution is -2.36. The number of nitrogens with zero attached hydrogens (tertiary/aromatic N) is 2. The number of hydrogen-bond donors (Lipinski definition) is 1. The van der Waals surface area contributed by atoms with Crippen LogP contribution < -0.4 is 4.90 Å². The Bertz CT molecular complexity index is 485. The Labute approximate surface area is 127 Å². The van der Waals surface area contributed by atoms with Crippen molar-refractivity contribution >= 4 is 34.6 Å². The summed E-state index contributed by atoms with van der Waals surface area (Å²) in [6, 6.07) is 2.66. The van der Waals surface area contributed by atoms with Gasteiger partial charge >= 0.3 is 0 Å². The van der Waals surface area contributed by atoms with Crippen LogP contribution in [0.2, 0.25) is 10.0 Å². The van der Waals surface area contributed by atoms with E-state index in [2.05, 4.69) is 4.90 Å². The van der Waals surface area contributed by atoms with E-state index >= 15 is 0 Å². The van der Waals surface area contributed by atoms with Gasteiger partial charge in [-0.25, -0.2) is 0 Å². The van der Waals surface area contributed by atoms with E-state index in [-0.39, 0.29) is 12.3 Å². The molecule has 1 saturated heterocycles. The van der Waals surface area contributed by atoms with Gasteiger partial charge in [0.1, 0.15) is 0 Å². The molecule has 1 aromatic carbocycles. The summed E-state index contributed by atoms with van der Waals surface area (Å²) in [5, 5.41) is 20.4. The highest BCUT2D eigenvalue weighted by Crippen LogP contribution is 2.39. The van der Waals surface area contributed by atoms with E-state index in [0.717, 1.165) is 32.4 Å². The van der Waals surface area contributed by atoms with E-state index in [4.69, 9.17) is 28.3 Å². The summed E-state index contributed by atoms with van der Waals surface area (Å²) in [7, 11) is 0. The highest BCUT2D eigenvalue weighted by atomic mass is 35.5. The Hall–Kier alpha value is -1.04. The average Bonchev–Trinajstić information content (AvgIpc) is 2.38. The lowest BCUT2D eigenvalue weighted by molar-refractivity contribution is -0.384. The molecule has 0 spiro atoms. The van der Waals surface area contributed by atoms with Crippen LogP contribution >= 0.6 is 23.2 Å². The Morgan fingerprint density at radius 3 is 2.60 bits per heavy atom. The third kappa shape index (κ3) is 3.34. The van der Waals surface area contributed by atoms with E-state index < -0.39 is 4.92 Å². The number of halogens is 2. The smallest absolute Gasteiger partial charge is 0.272 e. The fourth-order valence-corrected chi connectivity index (χ4v) is 3.36. The van der Waals surface area contributed by atoms with Crippen molar-refractivity contribution in [2.45, 2.75) is 19.3 Å². The summed E-state index contributed by atoms with van der Waals surface area (Å²) in [4.78, 5) is 12.3. The number of nitro benzene ring substituents is 1. The van der Waals surface area contributed by atoms with Gasteiger partial charge in [-0.2, -0.15) is 0 Å². The molecule has 1 N–H and O–H groups in total. The highest BCUT2D eigenvalue weighted by molar-refractivity contribution is 6.39. The van der Waals surface area contributed by atoms with E-state index in [1.165, 1.54) is 12.1 Å². The summed E-state index contributed by atoms with van der Waals surface area (Å²) < 4.78 is 0. The van der Waals surface area contributed by atoms with Crippen molar-refractivity contribution in [1.29, 1.82) is 0 Å². The van der Waals surface area contributed by atoms with Crippen LogP contribution in [0.5, 0.6) is 0 Å². The molecule has 1 heterocycles. The van der Waals surface area contributed by atoms with Crippen molar-refractivity contribution in [2.75, 3.05) is 24.6 Å². The molecule has 2 rings (SSSR count). The fourth-order valence-electron chi connectivity index (χ4n) is 2.65. The second kappa shape index (κ2) is 6.61. The minimum absolute atomic E-state index is 0.104. The summed E-state index contributed by atoms with van der Waals surface area (Å²) in [5.41, 5.74) is 0.550. The maximum absolute atomic E-state index is 10.8. The highest BCUT2D eigenvalue weighted by Gasteiger charge is 2.24. The third-order valence-corrected chi connectivity index (χ3v) is 4.16. The number of hydrogen-bond acceptors (Lipinski definition) is 4. The van der Waals surface area contributed by atoms with Crippen LogP contribution in [0.3, 0.4) is 0 Å². The molecule has 0 saturated carbocycles. The first kappa shape index (κ1) is 15.4. The molecule has 0 aliphatic carbocycles. The molecule has 110 valence electrons. The van der Waals surface area contributed by atoms with Crippen molar-refractivity contribution in [3.05, 3.63) is 32.3 Å². The second-order valence-corrected chi connectivity index (χ2v) is 5.80. The third-order valence-electron chi connectivity index (χ3n) is 3.59. The number of piperidine rings is 1. The van der Waals surface area contributed by atoms with Crippen LogP contribution in [0.4, 0.5) is 11.4 Å². The van der Waals surface area contributed by atoms with Crippen LogP contribution in [-0.4, -0.2) is 29.7 Å². The number of non-ortho nitro benzene ring substituents is 1. The zero-order chi connectivity index (χ0) is 14.7. The van der Waals surface area contributed by atoms with E-state index in [9.17, 15) is 10.1 Å². The van der Waals surface area contributed by atoms with Crippen LogP contribution in [-0.2, 0) is 0 Å². The molecule has 20 heavy (non-hydrogen) atoms. The van der Waals surface area contributed by atoms with Gasteiger partial charge in [-0.15, -0.1) is 0 Å². The quantitative estimate of drug-likeness (QED) is 0.681. The normalized spacial score (nSPS) is 19.1. The van der Waals surface area contributed by atoms with Gasteiger partial charge in [-0.1, -0.05) is 23.2 Å². The van der Waals surface area contributed by atoms with E-state index in [1.54, 1.807) is 0 Å². The molecule has 0 aromatic heterocycles. The maximum atomic E-state index is 10.8. The Kier molecular flexibility index (Phi) is 5.07. The number of aliphatic hydroxyl groups is 1. The number of aliphatic hydroxyl groups excluding tert-OH is 1. The summed E-state index contributed by atoms with van der Waals surface area (Å²) in [6.45, 7) is 1.75. The van der Waals surface area contributed by atoms with Gasteiger partial charge in [0.15, 0.2) is 0 Å². The molecule has 0 amide bonds. The number of nitro groups is 1. The molecule has 1 aliphatic heterocycles. The van der Waals surface area contributed by atoms with Gasteiger partial charge in [0.25, 0.3) is 5.69 Å². The monoisotopic (exact) mass is 318 g/mol. The van der Waals surface area contributed by atoms with E-state index in [0.29, 0.717) is 21.7 Å². The lowest BCUT2D eigenvalue weighted by Gasteiger charge is -2.35. The maximum Gasteiger partial charge on any atom is 0.272 e. The average molecular weight is 319 g/mol. The zero-order valence-corrected chi connectivity index (χ0v) is 12.4. The molecule has 1 fully saturated rings. The number of anilines is 1. The van der Waals surface area contributed by atoms with Gasteiger partial charge in [-0.05, 0) is 25.2 Å². The minimum atomic E-state index is -0.508. The summed E-state index contributed by atoms with van der Waals surface area (Å²) >= 11 is 12.3. The number of benzene rings is 1. The molecule has 7 heteroatoms. The van der Waals surface area contributed by atoms with Crippen molar-refractivity contribution < 1.29 is 10.0 Å². The van der Waals surface area contributed by atoms with Gasteiger partial charge in [0.2, 0.25) is 0 Å². The van der Waals surface area contributed by atoms with Gasteiger partial charge in [0, 0.05) is 31.8 Å². The predicted molar refractivity (Wildman–Crippen MR) is 79.8 cm³/mol. The van der Waals surface area contributed by atoms with Crippen LogP contribution in [0.25, 0.3) is 0 Å². The molecule has 0 bridgehead atoms. The first-order valence-electron chi connectivity index (χ1n) is 6.52. The molecular weight excluding hydrogens is 303 g/mol. The largest absolute Gasteiger partial charge is 0.396 e. The summed E-state index contributed by atoms with van der Waals surface area (Å²) in [6.07, 6.45) is 2.81. The van der Waals surface area contributed by atoms with Crippen molar-refractivity contribution in [1.82, 2.24) is 0 Å². The van der Waals surface area contributed by atoms with Gasteiger partial charge < -0.3 is 10.0 Å². The second-order valence-electron chi connectivity index (χ2n) is 4.98. The Balaban J connectivity index is 2.26. The molecular formula is C13H16Cl2N2O3. The van der Waals surface area contributed by atoms with E-state index in [1.807, 2.05) is 0 Å². The zero-order valence-electron chi connectivity index (χ0n) is 10.9. The van der Waals surface area contributed by atoms with Crippen molar-refractivity contribution in [3.63, 3.8) is 0 Å². The minimum Gasteiger partial charge on any atom is -0.396 e. The van der Waals surface area contributed by atoms with Crippen LogP contribution in [0.15, 0.2) is 12.1 Å². The molecule has 1 aromatic rings. The van der Waals surface area contributed by atoms with Crippen molar-refractivity contribution in [3.8, 4) is 0 Å². The lowest BCUT2D eigenvalue weighted by atomic mass is 9.95. The molecule has 0 radical (unpaired) electrons. The predicted octanol–water partition coefficient (Wildman–Crippen LogP) is 3.50. The topological polar surface area (TPSA) is 66.6 Å². The molecule has 1 atom stereocenters. The van der Waals surface area contributed by atoms with Crippen LogP contribution in [0.1, 0.15) is 19.3 Å². The van der Waals surface area contributed by atoms with Gasteiger partial charge in [0.05, 0.1) is 20.7 Å². The summed E-state index contributed by atoms with van der Waals surface area (Å²) in [5.74, 6) is 0.399. The number of rotatable bonds is 4. The van der Waals surface area contributed by atoms with Crippen LogP contribution in [0, 0.1) is 16.0 Å². The molecule has 1 unspecified atom stereocenters. The van der Waals surface area contributed by atoms with Crippen molar-refractivity contribution in [2.24, 2.45) is 5.92 Å². The Morgan fingerprint density at radius 2 is 2.05 bits per heavy atom. The first-order chi connectivity index (χ1) is 9.52. The first-order valence-corrected chi connectivity index (χ1v) is 7.27. The molecule has 1 aliphatic rings. The van der Waals surface area contributed by atoms with Gasteiger partial charge in [-0.3, -0.25) is 10.1 Å². The fraction of sp³-hybridized carbons (Fsp3) is 0.538. The SMILES string of the molecule is O=[N+]([O-])c1cc(Cl)c(N2CCCC(CCO)C2)c(Cl)c1. The molecule has 5 nitrogen and oxygen atoms in total.